The molecule has 1 N–H and O–H groups in total. The highest BCUT2D eigenvalue weighted by molar-refractivity contribution is 7.11. The van der Waals surface area contributed by atoms with Crippen LogP contribution in [0, 0.1) is 27.7 Å². The molecule has 0 aliphatic carbocycles. The summed E-state index contributed by atoms with van der Waals surface area (Å²) < 4.78 is 1.86. The quantitative estimate of drug-likeness (QED) is 0.917. The minimum Gasteiger partial charge on any atom is -0.343 e. The molecule has 0 bridgehead atoms. The summed E-state index contributed by atoms with van der Waals surface area (Å²) in [5.41, 5.74) is 3.42. The Labute approximate surface area is 135 Å². The molecule has 1 unspecified atom stereocenters. The number of nitrogens with zero attached hydrogens (tertiary/aromatic N) is 3. The van der Waals surface area contributed by atoms with Crippen LogP contribution in [0.5, 0.6) is 0 Å². The molecule has 0 aliphatic rings. The minimum atomic E-state index is -0.0629. The number of carbonyl (C=O) groups is 1. The third-order valence-corrected chi connectivity index (χ3v) is 5.15. The fourth-order valence-electron chi connectivity index (χ4n) is 2.55. The molecule has 5 nitrogen and oxygen atoms in total. The Morgan fingerprint density at radius 1 is 1.23 bits per heavy atom. The summed E-state index contributed by atoms with van der Waals surface area (Å²) in [5.74, 6) is -0.0629. The SMILES string of the molecule is CCC(NC(=O)c1c(C)nn(CC)c1C)c1nc(C)c(C)s1. The van der Waals surface area contributed by atoms with Crippen LogP contribution in [-0.2, 0) is 6.54 Å². The van der Waals surface area contributed by atoms with Crippen molar-refractivity contribution in [3.05, 3.63) is 32.5 Å². The second-order valence-electron chi connectivity index (χ2n) is 5.49. The number of aromatic nitrogens is 3. The van der Waals surface area contributed by atoms with Crippen molar-refractivity contribution in [1.29, 1.82) is 0 Å². The van der Waals surface area contributed by atoms with E-state index in [0.29, 0.717) is 5.56 Å². The van der Waals surface area contributed by atoms with E-state index >= 15 is 0 Å². The molecule has 22 heavy (non-hydrogen) atoms. The zero-order chi connectivity index (χ0) is 16.4. The number of nitrogens with one attached hydrogen (secondary N) is 1. The van der Waals surface area contributed by atoms with Crippen molar-refractivity contribution in [2.24, 2.45) is 0 Å². The molecule has 120 valence electrons. The van der Waals surface area contributed by atoms with Gasteiger partial charge in [0.1, 0.15) is 5.01 Å². The molecule has 0 saturated carbocycles. The van der Waals surface area contributed by atoms with Crippen LogP contribution in [0.15, 0.2) is 0 Å². The molecule has 2 aromatic rings. The van der Waals surface area contributed by atoms with Crippen molar-refractivity contribution in [3.63, 3.8) is 0 Å². The van der Waals surface area contributed by atoms with E-state index in [1.54, 1.807) is 11.3 Å². The van der Waals surface area contributed by atoms with E-state index < -0.39 is 0 Å². The van der Waals surface area contributed by atoms with Gasteiger partial charge in [-0.15, -0.1) is 11.3 Å². The van der Waals surface area contributed by atoms with Gasteiger partial charge >= 0.3 is 0 Å². The Bertz CT molecular complexity index is 667. The van der Waals surface area contributed by atoms with Gasteiger partial charge in [-0.05, 0) is 41.0 Å². The molecular formula is C16H24N4OS. The van der Waals surface area contributed by atoms with Crippen LogP contribution < -0.4 is 5.32 Å². The number of carbonyl (C=O) groups excluding carboxylic acids is 1. The van der Waals surface area contributed by atoms with E-state index in [4.69, 9.17) is 0 Å². The number of thiazole rings is 1. The van der Waals surface area contributed by atoms with Crippen LogP contribution in [0.1, 0.15) is 63.6 Å². The maximum absolute atomic E-state index is 12.7. The maximum Gasteiger partial charge on any atom is 0.255 e. The highest BCUT2D eigenvalue weighted by Gasteiger charge is 2.22. The van der Waals surface area contributed by atoms with Crippen molar-refractivity contribution in [2.75, 3.05) is 0 Å². The summed E-state index contributed by atoms with van der Waals surface area (Å²) in [4.78, 5) is 18.4. The van der Waals surface area contributed by atoms with Gasteiger partial charge in [0.05, 0.1) is 23.0 Å². The molecule has 2 aromatic heterocycles. The molecule has 2 heterocycles. The van der Waals surface area contributed by atoms with E-state index in [1.165, 1.54) is 4.88 Å². The fourth-order valence-corrected chi connectivity index (χ4v) is 3.61. The normalized spacial score (nSPS) is 12.5. The zero-order valence-electron chi connectivity index (χ0n) is 14.1. The topological polar surface area (TPSA) is 59.8 Å². The number of rotatable bonds is 5. The van der Waals surface area contributed by atoms with Gasteiger partial charge < -0.3 is 5.32 Å². The standard InChI is InChI=1S/C16H24N4OS/c1-7-13(16-17-9(3)12(6)22-16)18-15(21)14-10(4)19-20(8-2)11(14)5/h13H,7-8H2,1-6H3,(H,18,21). The predicted octanol–water partition coefficient (Wildman–Crippen LogP) is 3.47. The second kappa shape index (κ2) is 6.60. The minimum absolute atomic E-state index is 0.0475. The molecule has 2 rings (SSSR count). The second-order valence-corrected chi connectivity index (χ2v) is 6.72. The highest BCUT2D eigenvalue weighted by atomic mass is 32.1. The molecule has 0 saturated heterocycles. The molecule has 0 aromatic carbocycles. The largest absolute Gasteiger partial charge is 0.343 e. The van der Waals surface area contributed by atoms with Crippen LogP contribution in [0.4, 0.5) is 0 Å². The van der Waals surface area contributed by atoms with Crippen molar-refractivity contribution in [3.8, 4) is 0 Å². The van der Waals surface area contributed by atoms with Gasteiger partial charge in [0.25, 0.3) is 5.91 Å². The monoisotopic (exact) mass is 320 g/mol. The number of aryl methyl sites for hydroxylation is 4. The summed E-state index contributed by atoms with van der Waals surface area (Å²) in [6.45, 7) is 12.7. The average Bonchev–Trinajstić information content (AvgIpc) is 2.95. The van der Waals surface area contributed by atoms with Gasteiger partial charge in [-0.1, -0.05) is 6.92 Å². The van der Waals surface area contributed by atoms with Crippen LogP contribution in [0.3, 0.4) is 0 Å². The Hall–Kier alpha value is -1.69. The van der Waals surface area contributed by atoms with Crippen molar-refractivity contribution >= 4 is 17.2 Å². The van der Waals surface area contributed by atoms with Crippen molar-refractivity contribution in [1.82, 2.24) is 20.1 Å². The first-order valence-corrected chi connectivity index (χ1v) is 8.49. The van der Waals surface area contributed by atoms with E-state index in [1.807, 2.05) is 32.4 Å². The van der Waals surface area contributed by atoms with Crippen molar-refractivity contribution in [2.45, 2.75) is 60.5 Å². The lowest BCUT2D eigenvalue weighted by Gasteiger charge is -2.14. The molecule has 0 fully saturated rings. The predicted molar refractivity (Wildman–Crippen MR) is 89.5 cm³/mol. The molecule has 6 heteroatoms. The van der Waals surface area contributed by atoms with Crippen LogP contribution in [0.2, 0.25) is 0 Å². The Kier molecular flexibility index (Phi) is 5.01. The van der Waals surface area contributed by atoms with Gasteiger partial charge in [0.15, 0.2) is 0 Å². The number of hydrogen-bond acceptors (Lipinski definition) is 4. The average molecular weight is 320 g/mol. The van der Waals surface area contributed by atoms with Gasteiger partial charge in [0, 0.05) is 17.1 Å². The Balaban J connectivity index is 2.25. The molecular weight excluding hydrogens is 296 g/mol. The van der Waals surface area contributed by atoms with Gasteiger partial charge in [0.2, 0.25) is 0 Å². The first-order chi connectivity index (χ1) is 10.4. The van der Waals surface area contributed by atoms with E-state index in [-0.39, 0.29) is 11.9 Å². The highest BCUT2D eigenvalue weighted by Crippen LogP contribution is 2.25. The lowest BCUT2D eigenvalue weighted by Crippen LogP contribution is -2.29. The third kappa shape index (κ3) is 3.06. The summed E-state index contributed by atoms with van der Waals surface area (Å²) >= 11 is 1.66. The summed E-state index contributed by atoms with van der Waals surface area (Å²) in [6, 6.07) is -0.0475. The van der Waals surface area contributed by atoms with Gasteiger partial charge in [-0.2, -0.15) is 5.10 Å². The van der Waals surface area contributed by atoms with Gasteiger partial charge in [-0.25, -0.2) is 4.98 Å². The first-order valence-electron chi connectivity index (χ1n) is 7.67. The Morgan fingerprint density at radius 2 is 1.91 bits per heavy atom. The lowest BCUT2D eigenvalue weighted by atomic mass is 10.1. The zero-order valence-corrected chi connectivity index (χ0v) is 15.0. The van der Waals surface area contributed by atoms with Crippen LogP contribution in [-0.4, -0.2) is 20.7 Å². The molecule has 1 amide bonds. The van der Waals surface area contributed by atoms with E-state index in [0.717, 1.165) is 35.1 Å². The molecule has 0 spiro atoms. The van der Waals surface area contributed by atoms with Crippen LogP contribution in [0.25, 0.3) is 0 Å². The van der Waals surface area contributed by atoms with Crippen LogP contribution >= 0.6 is 11.3 Å². The Morgan fingerprint density at radius 3 is 2.36 bits per heavy atom. The van der Waals surface area contributed by atoms with Crippen molar-refractivity contribution < 1.29 is 4.79 Å². The molecule has 1 atom stereocenters. The van der Waals surface area contributed by atoms with Gasteiger partial charge in [-0.3, -0.25) is 9.48 Å². The van der Waals surface area contributed by atoms with E-state index in [9.17, 15) is 4.79 Å². The third-order valence-electron chi connectivity index (χ3n) is 3.96. The lowest BCUT2D eigenvalue weighted by molar-refractivity contribution is 0.0934. The summed E-state index contributed by atoms with van der Waals surface area (Å²) in [6.07, 6.45) is 0.818. The fraction of sp³-hybridized carbons (Fsp3) is 0.562. The first kappa shape index (κ1) is 16.7. The maximum atomic E-state index is 12.7. The summed E-state index contributed by atoms with van der Waals surface area (Å²) in [7, 11) is 0. The summed E-state index contributed by atoms with van der Waals surface area (Å²) in [5, 5.41) is 8.51. The molecule has 0 radical (unpaired) electrons. The number of hydrogen-bond donors (Lipinski definition) is 1. The van der Waals surface area contributed by atoms with E-state index in [2.05, 4.69) is 29.2 Å². The number of amides is 1. The smallest absolute Gasteiger partial charge is 0.255 e. The molecule has 0 aliphatic heterocycles.